The normalized spacial score (nSPS) is 11.9. The maximum absolute atomic E-state index is 11.8. The van der Waals surface area contributed by atoms with Crippen LogP contribution < -0.4 is 5.32 Å². The molecular formula is C11H17BrN2O2. The average molecular weight is 289 g/mol. The molecule has 1 aromatic heterocycles. The van der Waals surface area contributed by atoms with Crippen molar-refractivity contribution in [2.45, 2.75) is 19.4 Å². The maximum atomic E-state index is 11.8. The summed E-state index contributed by atoms with van der Waals surface area (Å²) in [6, 6.07) is 1.64. The van der Waals surface area contributed by atoms with Crippen LogP contribution in [0, 0.1) is 0 Å². The number of carbonyl (C=O) groups excluding carboxylic acids is 1. The number of likely N-dealkylation sites (N-methyl/N-ethyl adjacent to an activating group) is 1. The highest BCUT2D eigenvalue weighted by atomic mass is 79.9. The van der Waals surface area contributed by atoms with E-state index in [9.17, 15) is 4.79 Å². The number of carbonyl (C=O) groups is 1. The molecule has 0 saturated carbocycles. The van der Waals surface area contributed by atoms with Gasteiger partial charge in [-0.1, -0.05) is 0 Å². The van der Waals surface area contributed by atoms with E-state index in [0.717, 1.165) is 0 Å². The van der Waals surface area contributed by atoms with E-state index in [1.54, 1.807) is 6.07 Å². The standard InChI is InChI=1S/C11H17BrN2O2/c1-11(2,14(3)4)7-13-10(15)8-5-6-16-9(8)12/h5-6H,7H2,1-4H3,(H,13,15). The van der Waals surface area contributed by atoms with Crippen LogP contribution in [0.4, 0.5) is 0 Å². The lowest BCUT2D eigenvalue weighted by atomic mass is 10.0. The highest BCUT2D eigenvalue weighted by Gasteiger charge is 2.22. The van der Waals surface area contributed by atoms with E-state index >= 15 is 0 Å². The van der Waals surface area contributed by atoms with Gasteiger partial charge in [0.15, 0.2) is 4.67 Å². The average Bonchev–Trinajstić information content (AvgIpc) is 2.61. The second-order valence-corrected chi connectivity index (χ2v) is 5.22. The molecule has 0 aliphatic rings. The predicted molar refractivity (Wildman–Crippen MR) is 66.5 cm³/mol. The Kier molecular flexibility index (Phi) is 4.15. The molecule has 0 saturated heterocycles. The fraction of sp³-hybridized carbons (Fsp3) is 0.545. The Morgan fingerprint density at radius 3 is 2.62 bits per heavy atom. The Morgan fingerprint density at radius 1 is 1.56 bits per heavy atom. The number of rotatable bonds is 4. The minimum absolute atomic E-state index is 0.0775. The van der Waals surface area contributed by atoms with Crippen molar-refractivity contribution in [1.82, 2.24) is 10.2 Å². The molecule has 0 fully saturated rings. The summed E-state index contributed by atoms with van der Waals surface area (Å²) < 4.78 is 5.48. The number of nitrogens with zero attached hydrogens (tertiary/aromatic N) is 1. The zero-order valence-electron chi connectivity index (χ0n) is 10.0. The summed E-state index contributed by atoms with van der Waals surface area (Å²) in [4.78, 5) is 13.8. The monoisotopic (exact) mass is 288 g/mol. The molecule has 16 heavy (non-hydrogen) atoms. The Balaban J connectivity index is 2.58. The first kappa shape index (κ1) is 13.3. The third-order valence-electron chi connectivity index (χ3n) is 2.75. The lowest BCUT2D eigenvalue weighted by molar-refractivity contribution is 0.0918. The van der Waals surface area contributed by atoms with E-state index in [0.29, 0.717) is 16.8 Å². The predicted octanol–water partition coefficient (Wildman–Crippen LogP) is 2.11. The molecule has 5 heteroatoms. The van der Waals surface area contributed by atoms with Crippen molar-refractivity contribution in [3.05, 3.63) is 22.6 Å². The first-order chi connectivity index (χ1) is 7.34. The quantitative estimate of drug-likeness (QED) is 0.923. The molecule has 0 unspecified atom stereocenters. The molecule has 0 bridgehead atoms. The van der Waals surface area contributed by atoms with Gasteiger partial charge in [0, 0.05) is 12.1 Å². The van der Waals surface area contributed by atoms with E-state index in [-0.39, 0.29) is 11.4 Å². The van der Waals surface area contributed by atoms with Gasteiger partial charge in [0.25, 0.3) is 5.91 Å². The smallest absolute Gasteiger partial charge is 0.255 e. The SMILES string of the molecule is CN(C)C(C)(C)CNC(=O)c1ccoc1Br. The highest BCUT2D eigenvalue weighted by Crippen LogP contribution is 2.17. The van der Waals surface area contributed by atoms with Gasteiger partial charge < -0.3 is 14.6 Å². The van der Waals surface area contributed by atoms with Crippen molar-refractivity contribution in [1.29, 1.82) is 0 Å². The summed E-state index contributed by atoms with van der Waals surface area (Å²) in [6.45, 7) is 4.71. The first-order valence-corrected chi connectivity index (χ1v) is 5.82. The topological polar surface area (TPSA) is 45.5 Å². The third-order valence-corrected chi connectivity index (χ3v) is 3.37. The van der Waals surface area contributed by atoms with Crippen molar-refractivity contribution in [2.75, 3.05) is 20.6 Å². The molecule has 0 aromatic carbocycles. The van der Waals surface area contributed by atoms with Gasteiger partial charge in [0.2, 0.25) is 0 Å². The number of amides is 1. The number of nitrogens with one attached hydrogen (secondary N) is 1. The fourth-order valence-electron chi connectivity index (χ4n) is 1.01. The molecule has 0 aliphatic heterocycles. The number of furan rings is 1. The summed E-state index contributed by atoms with van der Waals surface area (Å²) in [5.41, 5.74) is 0.445. The van der Waals surface area contributed by atoms with Gasteiger partial charge in [-0.05, 0) is 49.9 Å². The molecule has 1 rings (SSSR count). The van der Waals surface area contributed by atoms with E-state index in [4.69, 9.17) is 4.42 Å². The number of halogens is 1. The van der Waals surface area contributed by atoms with Crippen molar-refractivity contribution in [2.24, 2.45) is 0 Å². The van der Waals surface area contributed by atoms with E-state index in [1.807, 2.05) is 14.1 Å². The van der Waals surface area contributed by atoms with Gasteiger partial charge in [-0.2, -0.15) is 0 Å². The highest BCUT2D eigenvalue weighted by molar-refractivity contribution is 9.10. The van der Waals surface area contributed by atoms with Gasteiger partial charge in [-0.3, -0.25) is 4.79 Å². The minimum Gasteiger partial charge on any atom is -0.457 e. The number of hydrogen-bond acceptors (Lipinski definition) is 3. The summed E-state index contributed by atoms with van der Waals surface area (Å²) in [7, 11) is 3.97. The van der Waals surface area contributed by atoms with Crippen LogP contribution in [0.5, 0.6) is 0 Å². The van der Waals surface area contributed by atoms with E-state index in [1.165, 1.54) is 6.26 Å². The molecule has 1 amide bonds. The summed E-state index contributed by atoms with van der Waals surface area (Å²) in [5.74, 6) is -0.129. The molecule has 0 radical (unpaired) electrons. The Morgan fingerprint density at radius 2 is 2.19 bits per heavy atom. The van der Waals surface area contributed by atoms with Crippen molar-refractivity contribution in [3.8, 4) is 0 Å². The minimum atomic E-state index is -0.129. The second kappa shape index (κ2) is 5.01. The van der Waals surface area contributed by atoms with Crippen LogP contribution in [0.15, 0.2) is 21.4 Å². The molecule has 90 valence electrons. The van der Waals surface area contributed by atoms with Crippen LogP contribution in [0.3, 0.4) is 0 Å². The van der Waals surface area contributed by atoms with Crippen LogP contribution in [0.2, 0.25) is 0 Å². The Bertz CT molecular complexity index is 372. The number of hydrogen-bond donors (Lipinski definition) is 1. The van der Waals surface area contributed by atoms with Crippen LogP contribution in [-0.2, 0) is 0 Å². The molecule has 4 nitrogen and oxygen atoms in total. The van der Waals surface area contributed by atoms with E-state index < -0.39 is 0 Å². The summed E-state index contributed by atoms with van der Waals surface area (Å²) >= 11 is 3.18. The van der Waals surface area contributed by atoms with Gasteiger partial charge in [-0.15, -0.1) is 0 Å². The second-order valence-electron chi connectivity index (χ2n) is 4.50. The maximum Gasteiger partial charge on any atom is 0.255 e. The molecule has 0 aliphatic carbocycles. The molecule has 1 aromatic rings. The lowest BCUT2D eigenvalue weighted by Gasteiger charge is -2.32. The fourth-order valence-corrected chi connectivity index (χ4v) is 1.43. The van der Waals surface area contributed by atoms with Crippen molar-refractivity contribution >= 4 is 21.8 Å². The van der Waals surface area contributed by atoms with Crippen molar-refractivity contribution in [3.63, 3.8) is 0 Å². The molecule has 0 atom stereocenters. The zero-order valence-corrected chi connectivity index (χ0v) is 11.6. The molecule has 1 heterocycles. The Labute approximate surface area is 104 Å². The van der Waals surface area contributed by atoms with Gasteiger partial charge in [0.1, 0.15) is 0 Å². The van der Waals surface area contributed by atoms with Gasteiger partial charge >= 0.3 is 0 Å². The lowest BCUT2D eigenvalue weighted by Crippen LogP contribution is -2.48. The molecule has 0 spiro atoms. The van der Waals surface area contributed by atoms with Crippen LogP contribution in [0.25, 0.3) is 0 Å². The summed E-state index contributed by atoms with van der Waals surface area (Å²) in [5, 5.41) is 2.88. The van der Waals surface area contributed by atoms with E-state index in [2.05, 4.69) is 40.0 Å². The molecular weight excluding hydrogens is 272 g/mol. The Hall–Kier alpha value is -0.810. The summed E-state index contributed by atoms with van der Waals surface area (Å²) in [6.07, 6.45) is 1.48. The van der Waals surface area contributed by atoms with Gasteiger partial charge in [0.05, 0.1) is 11.8 Å². The van der Waals surface area contributed by atoms with Crippen LogP contribution >= 0.6 is 15.9 Å². The van der Waals surface area contributed by atoms with Crippen LogP contribution in [-0.4, -0.2) is 37.0 Å². The molecule has 1 N–H and O–H groups in total. The van der Waals surface area contributed by atoms with Crippen molar-refractivity contribution < 1.29 is 9.21 Å². The largest absolute Gasteiger partial charge is 0.457 e. The third kappa shape index (κ3) is 3.09. The van der Waals surface area contributed by atoms with Gasteiger partial charge in [-0.25, -0.2) is 0 Å². The van der Waals surface area contributed by atoms with Crippen LogP contribution in [0.1, 0.15) is 24.2 Å². The zero-order chi connectivity index (χ0) is 12.3. The first-order valence-electron chi connectivity index (χ1n) is 5.03.